The van der Waals surface area contributed by atoms with Crippen LogP contribution in [0.5, 0.6) is 0 Å². The van der Waals surface area contributed by atoms with Crippen LogP contribution in [-0.2, 0) is 11.3 Å². The molecule has 26 heavy (non-hydrogen) atoms. The maximum atomic E-state index is 12.3. The van der Waals surface area contributed by atoms with E-state index in [-0.39, 0.29) is 24.4 Å². The Balaban J connectivity index is 1.44. The highest BCUT2D eigenvalue weighted by molar-refractivity contribution is 6.30. The highest BCUT2D eigenvalue weighted by Gasteiger charge is 2.27. The first-order valence-electron chi connectivity index (χ1n) is 8.39. The number of aromatic nitrogens is 2. The van der Waals surface area contributed by atoms with Crippen molar-refractivity contribution in [3.63, 3.8) is 0 Å². The van der Waals surface area contributed by atoms with Crippen molar-refractivity contribution in [2.24, 2.45) is 5.92 Å². The topological polar surface area (TPSA) is 100 Å². The summed E-state index contributed by atoms with van der Waals surface area (Å²) in [4.78, 5) is 30.3. The minimum Gasteiger partial charge on any atom is -0.347 e. The van der Waals surface area contributed by atoms with Crippen molar-refractivity contribution in [2.75, 3.05) is 18.4 Å². The van der Waals surface area contributed by atoms with Crippen LogP contribution in [0, 0.1) is 12.8 Å². The molecule has 1 fully saturated rings. The van der Waals surface area contributed by atoms with Gasteiger partial charge in [0.15, 0.2) is 5.82 Å². The second-order valence-electron chi connectivity index (χ2n) is 6.15. The van der Waals surface area contributed by atoms with Gasteiger partial charge in [-0.2, -0.15) is 4.98 Å². The van der Waals surface area contributed by atoms with Crippen LogP contribution >= 0.6 is 11.6 Å². The lowest BCUT2D eigenvalue weighted by atomic mass is 9.96. The molecule has 0 atom stereocenters. The number of likely N-dealkylation sites (tertiary alicyclic amines) is 1. The van der Waals surface area contributed by atoms with Gasteiger partial charge in [0.1, 0.15) is 0 Å². The van der Waals surface area contributed by atoms with E-state index in [0.29, 0.717) is 48.4 Å². The maximum Gasteiger partial charge on any atom is 0.321 e. The van der Waals surface area contributed by atoms with E-state index in [4.69, 9.17) is 16.1 Å². The number of rotatable bonds is 4. The molecule has 1 saturated heterocycles. The maximum absolute atomic E-state index is 12.3. The summed E-state index contributed by atoms with van der Waals surface area (Å²) < 4.78 is 4.97. The van der Waals surface area contributed by atoms with Crippen LogP contribution in [0.15, 0.2) is 28.8 Å². The van der Waals surface area contributed by atoms with Crippen molar-refractivity contribution in [3.05, 3.63) is 41.0 Å². The number of hydrogen-bond donors (Lipinski definition) is 2. The SMILES string of the molecule is Cc1noc(CNC(=O)C2CCN(C(=O)Nc3cccc(Cl)c3)CC2)n1. The van der Waals surface area contributed by atoms with Crippen LogP contribution in [0.2, 0.25) is 5.02 Å². The lowest BCUT2D eigenvalue weighted by molar-refractivity contribution is -0.126. The summed E-state index contributed by atoms with van der Waals surface area (Å²) >= 11 is 5.92. The zero-order valence-corrected chi connectivity index (χ0v) is 15.1. The quantitative estimate of drug-likeness (QED) is 0.852. The van der Waals surface area contributed by atoms with Crippen LogP contribution < -0.4 is 10.6 Å². The molecule has 0 bridgehead atoms. The molecule has 1 aromatic heterocycles. The standard InChI is InChI=1S/C17H20ClN5O3/c1-11-20-15(26-22-11)10-19-16(24)12-5-7-23(8-6-12)17(25)21-14-4-2-3-13(18)9-14/h2-4,9,12H,5-8,10H2,1H3,(H,19,24)(H,21,25). The van der Waals surface area contributed by atoms with Gasteiger partial charge in [-0.3, -0.25) is 4.79 Å². The Bertz CT molecular complexity index is 786. The summed E-state index contributed by atoms with van der Waals surface area (Å²) in [6, 6.07) is 6.81. The Hall–Kier alpha value is -2.61. The molecular formula is C17H20ClN5O3. The predicted molar refractivity (Wildman–Crippen MR) is 95.6 cm³/mol. The molecule has 0 aliphatic carbocycles. The summed E-state index contributed by atoms with van der Waals surface area (Å²) in [5.41, 5.74) is 0.650. The molecule has 0 radical (unpaired) electrons. The Labute approximate surface area is 155 Å². The molecule has 8 nitrogen and oxygen atoms in total. The zero-order chi connectivity index (χ0) is 18.5. The Morgan fingerprint density at radius 3 is 2.77 bits per heavy atom. The van der Waals surface area contributed by atoms with Gasteiger partial charge in [0, 0.05) is 29.7 Å². The number of hydrogen-bond acceptors (Lipinski definition) is 5. The second kappa shape index (κ2) is 8.18. The number of piperidine rings is 1. The highest BCUT2D eigenvalue weighted by atomic mass is 35.5. The molecule has 1 aromatic carbocycles. The molecule has 0 unspecified atom stereocenters. The number of carbonyl (C=O) groups excluding carboxylic acids is 2. The average molecular weight is 378 g/mol. The van der Waals surface area contributed by atoms with Gasteiger partial charge in [-0.1, -0.05) is 22.8 Å². The lowest BCUT2D eigenvalue weighted by Crippen LogP contribution is -2.44. The molecule has 1 aliphatic heterocycles. The summed E-state index contributed by atoms with van der Waals surface area (Å²) in [6.45, 7) is 2.97. The van der Waals surface area contributed by atoms with Gasteiger partial charge in [-0.05, 0) is 38.0 Å². The first-order chi connectivity index (χ1) is 12.5. The van der Waals surface area contributed by atoms with Crippen LogP contribution in [0.25, 0.3) is 0 Å². The van der Waals surface area contributed by atoms with Gasteiger partial charge in [-0.25, -0.2) is 4.79 Å². The van der Waals surface area contributed by atoms with Gasteiger partial charge in [-0.15, -0.1) is 0 Å². The van der Waals surface area contributed by atoms with Crippen LogP contribution in [0.4, 0.5) is 10.5 Å². The van der Waals surface area contributed by atoms with Crippen molar-refractivity contribution in [1.29, 1.82) is 0 Å². The third kappa shape index (κ3) is 4.72. The van der Waals surface area contributed by atoms with Gasteiger partial charge >= 0.3 is 6.03 Å². The average Bonchev–Trinajstić information content (AvgIpc) is 3.05. The van der Waals surface area contributed by atoms with E-state index in [2.05, 4.69) is 20.8 Å². The van der Waals surface area contributed by atoms with E-state index in [9.17, 15) is 9.59 Å². The largest absolute Gasteiger partial charge is 0.347 e. The summed E-state index contributed by atoms with van der Waals surface area (Å²) in [6.07, 6.45) is 1.22. The number of nitrogens with one attached hydrogen (secondary N) is 2. The minimum atomic E-state index is -0.188. The number of halogens is 1. The Morgan fingerprint density at radius 2 is 2.12 bits per heavy atom. The van der Waals surface area contributed by atoms with Gasteiger partial charge in [0.2, 0.25) is 11.8 Å². The summed E-state index contributed by atoms with van der Waals surface area (Å²) in [5.74, 6) is 0.729. The molecular weight excluding hydrogens is 358 g/mol. The van der Waals surface area contributed by atoms with Gasteiger partial charge < -0.3 is 20.1 Å². The van der Waals surface area contributed by atoms with E-state index in [1.54, 1.807) is 36.1 Å². The predicted octanol–water partition coefficient (Wildman–Crippen LogP) is 2.59. The molecule has 3 rings (SSSR count). The van der Waals surface area contributed by atoms with Crippen LogP contribution in [0.1, 0.15) is 24.6 Å². The van der Waals surface area contributed by atoms with Crippen LogP contribution in [-0.4, -0.2) is 40.1 Å². The Morgan fingerprint density at radius 1 is 1.35 bits per heavy atom. The number of urea groups is 1. The number of amides is 3. The van der Waals surface area contributed by atoms with Crippen molar-refractivity contribution >= 4 is 29.2 Å². The summed E-state index contributed by atoms with van der Waals surface area (Å²) in [7, 11) is 0. The molecule has 0 saturated carbocycles. The molecule has 138 valence electrons. The summed E-state index contributed by atoms with van der Waals surface area (Å²) in [5, 5.41) is 9.87. The van der Waals surface area contributed by atoms with Crippen molar-refractivity contribution in [2.45, 2.75) is 26.3 Å². The van der Waals surface area contributed by atoms with Gasteiger partial charge in [0.05, 0.1) is 6.54 Å². The minimum absolute atomic E-state index is 0.0595. The lowest BCUT2D eigenvalue weighted by Gasteiger charge is -2.31. The first kappa shape index (κ1) is 18.2. The monoisotopic (exact) mass is 377 g/mol. The van der Waals surface area contributed by atoms with E-state index < -0.39 is 0 Å². The third-order valence-electron chi connectivity index (χ3n) is 4.21. The second-order valence-corrected chi connectivity index (χ2v) is 6.59. The molecule has 9 heteroatoms. The van der Waals surface area contributed by atoms with E-state index in [1.165, 1.54) is 0 Å². The zero-order valence-electron chi connectivity index (χ0n) is 14.4. The van der Waals surface area contributed by atoms with Crippen molar-refractivity contribution < 1.29 is 14.1 Å². The van der Waals surface area contributed by atoms with Crippen molar-refractivity contribution in [1.82, 2.24) is 20.4 Å². The number of anilines is 1. The fraction of sp³-hybridized carbons (Fsp3) is 0.412. The molecule has 3 amide bonds. The number of aryl methyl sites for hydroxylation is 1. The first-order valence-corrected chi connectivity index (χ1v) is 8.77. The highest BCUT2D eigenvalue weighted by Crippen LogP contribution is 2.20. The van der Waals surface area contributed by atoms with Crippen molar-refractivity contribution in [3.8, 4) is 0 Å². The molecule has 2 heterocycles. The molecule has 0 spiro atoms. The molecule has 1 aliphatic rings. The Kier molecular flexibility index (Phi) is 5.72. The van der Waals surface area contributed by atoms with E-state index >= 15 is 0 Å². The fourth-order valence-electron chi connectivity index (χ4n) is 2.83. The fourth-order valence-corrected chi connectivity index (χ4v) is 3.02. The number of benzene rings is 1. The van der Waals surface area contributed by atoms with E-state index in [1.807, 2.05) is 0 Å². The smallest absolute Gasteiger partial charge is 0.321 e. The molecule has 2 aromatic rings. The number of nitrogens with zero attached hydrogens (tertiary/aromatic N) is 3. The molecule has 2 N–H and O–H groups in total. The third-order valence-corrected chi connectivity index (χ3v) is 4.45. The van der Waals surface area contributed by atoms with E-state index in [0.717, 1.165) is 0 Å². The van der Waals surface area contributed by atoms with Gasteiger partial charge in [0.25, 0.3) is 0 Å². The number of carbonyl (C=O) groups is 2. The normalized spacial score (nSPS) is 14.9. The van der Waals surface area contributed by atoms with Crippen LogP contribution in [0.3, 0.4) is 0 Å².